The van der Waals surface area contributed by atoms with Crippen molar-refractivity contribution in [2.45, 2.75) is 6.92 Å². The van der Waals surface area contributed by atoms with Crippen LogP contribution in [0.3, 0.4) is 0 Å². The van der Waals surface area contributed by atoms with E-state index in [2.05, 4.69) is 15.6 Å². The SMILES string of the molecule is CCNC(=O)c1cc(NC(=O)N(c2ccccc2)c2ccccc2)c2c(Cl)cc(Cl)cc2n1. The van der Waals surface area contributed by atoms with E-state index in [0.29, 0.717) is 44.6 Å². The summed E-state index contributed by atoms with van der Waals surface area (Å²) in [7, 11) is 0. The molecule has 0 fully saturated rings. The molecule has 0 radical (unpaired) electrons. The number of halogens is 2. The number of amides is 3. The maximum absolute atomic E-state index is 13.6. The van der Waals surface area contributed by atoms with Gasteiger partial charge >= 0.3 is 6.03 Å². The van der Waals surface area contributed by atoms with E-state index >= 15 is 0 Å². The van der Waals surface area contributed by atoms with Crippen molar-refractivity contribution in [2.24, 2.45) is 0 Å². The summed E-state index contributed by atoms with van der Waals surface area (Å²) < 4.78 is 0. The Morgan fingerprint density at radius 1 is 0.909 bits per heavy atom. The van der Waals surface area contributed by atoms with Crippen LogP contribution in [0.15, 0.2) is 78.9 Å². The fourth-order valence-electron chi connectivity index (χ4n) is 3.46. The Kier molecular flexibility index (Phi) is 6.77. The molecule has 3 amide bonds. The molecule has 8 heteroatoms. The molecule has 0 saturated heterocycles. The van der Waals surface area contributed by atoms with Gasteiger partial charge in [0.15, 0.2) is 0 Å². The van der Waals surface area contributed by atoms with E-state index in [1.165, 1.54) is 6.07 Å². The summed E-state index contributed by atoms with van der Waals surface area (Å²) in [5.74, 6) is -0.367. The lowest BCUT2D eigenvalue weighted by atomic mass is 10.1. The Hall–Kier alpha value is -3.61. The van der Waals surface area contributed by atoms with Gasteiger partial charge in [-0.05, 0) is 49.4 Å². The molecule has 166 valence electrons. The highest BCUT2D eigenvalue weighted by atomic mass is 35.5. The molecule has 4 rings (SSSR count). The van der Waals surface area contributed by atoms with Gasteiger partial charge in [-0.3, -0.25) is 9.69 Å². The lowest BCUT2D eigenvalue weighted by Crippen LogP contribution is -2.31. The largest absolute Gasteiger partial charge is 0.351 e. The summed E-state index contributed by atoms with van der Waals surface area (Å²) in [6.45, 7) is 2.25. The van der Waals surface area contributed by atoms with Crippen molar-refractivity contribution in [3.05, 3.63) is 94.6 Å². The number of para-hydroxylation sites is 2. The van der Waals surface area contributed by atoms with Crippen molar-refractivity contribution in [2.75, 3.05) is 16.8 Å². The van der Waals surface area contributed by atoms with Crippen LogP contribution in [-0.4, -0.2) is 23.5 Å². The number of carbonyl (C=O) groups is 2. The van der Waals surface area contributed by atoms with E-state index in [9.17, 15) is 9.59 Å². The molecule has 0 aliphatic carbocycles. The Labute approximate surface area is 201 Å². The Bertz CT molecular complexity index is 1280. The van der Waals surface area contributed by atoms with Crippen LogP contribution in [0.2, 0.25) is 10.0 Å². The maximum atomic E-state index is 13.6. The second kappa shape index (κ2) is 9.90. The molecule has 0 spiro atoms. The minimum atomic E-state index is -0.423. The molecule has 1 aromatic heterocycles. The fraction of sp³-hybridized carbons (Fsp3) is 0.0800. The second-order valence-corrected chi connectivity index (χ2v) is 7.98. The van der Waals surface area contributed by atoms with E-state index in [4.69, 9.17) is 23.2 Å². The zero-order valence-corrected chi connectivity index (χ0v) is 19.2. The van der Waals surface area contributed by atoms with Crippen molar-refractivity contribution in [3.63, 3.8) is 0 Å². The first kappa shape index (κ1) is 22.6. The van der Waals surface area contributed by atoms with Gasteiger partial charge in [-0.1, -0.05) is 59.6 Å². The first-order valence-corrected chi connectivity index (χ1v) is 11.0. The number of nitrogens with zero attached hydrogens (tertiary/aromatic N) is 2. The number of carbonyl (C=O) groups excluding carboxylic acids is 2. The highest BCUT2D eigenvalue weighted by molar-refractivity contribution is 6.39. The van der Waals surface area contributed by atoms with Crippen molar-refractivity contribution >= 4 is 63.1 Å². The lowest BCUT2D eigenvalue weighted by molar-refractivity contribution is 0.0951. The highest BCUT2D eigenvalue weighted by Crippen LogP contribution is 2.34. The van der Waals surface area contributed by atoms with Crippen LogP contribution in [0, 0.1) is 0 Å². The summed E-state index contributed by atoms with van der Waals surface area (Å²) in [6, 6.07) is 22.8. The molecule has 6 nitrogen and oxygen atoms in total. The van der Waals surface area contributed by atoms with Gasteiger partial charge in [0.05, 0.1) is 27.6 Å². The van der Waals surface area contributed by atoms with Gasteiger partial charge < -0.3 is 10.6 Å². The molecule has 33 heavy (non-hydrogen) atoms. The Morgan fingerprint density at radius 2 is 1.52 bits per heavy atom. The predicted octanol–water partition coefficient (Wildman–Crippen LogP) is 6.66. The minimum absolute atomic E-state index is 0.143. The molecule has 0 bridgehead atoms. The highest BCUT2D eigenvalue weighted by Gasteiger charge is 2.21. The normalized spacial score (nSPS) is 10.6. The van der Waals surface area contributed by atoms with Crippen molar-refractivity contribution < 1.29 is 9.59 Å². The molecular weight excluding hydrogens is 459 g/mol. The third-order valence-electron chi connectivity index (χ3n) is 4.87. The molecule has 2 N–H and O–H groups in total. The first-order valence-electron chi connectivity index (χ1n) is 10.3. The van der Waals surface area contributed by atoms with Crippen molar-refractivity contribution in [3.8, 4) is 0 Å². The van der Waals surface area contributed by atoms with Gasteiger partial charge in [-0.25, -0.2) is 9.78 Å². The smallest absolute Gasteiger partial charge is 0.330 e. The summed E-state index contributed by atoms with van der Waals surface area (Å²) >= 11 is 12.6. The summed E-state index contributed by atoms with van der Waals surface area (Å²) in [4.78, 5) is 32.0. The van der Waals surface area contributed by atoms with E-state index in [1.54, 1.807) is 17.0 Å². The van der Waals surface area contributed by atoms with Gasteiger partial charge in [0.25, 0.3) is 5.91 Å². The van der Waals surface area contributed by atoms with Crippen molar-refractivity contribution in [1.29, 1.82) is 0 Å². The topological polar surface area (TPSA) is 74.3 Å². The van der Waals surface area contributed by atoms with E-state index in [1.807, 2.05) is 67.6 Å². The molecule has 0 aliphatic heterocycles. The molecule has 0 saturated carbocycles. The Morgan fingerprint density at radius 3 is 2.09 bits per heavy atom. The molecule has 4 aromatic rings. The molecule has 0 aliphatic rings. The summed E-state index contributed by atoms with van der Waals surface area (Å²) in [6.07, 6.45) is 0. The van der Waals surface area contributed by atoms with E-state index in [0.717, 1.165) is 0 Å². The monoisotopic (exact) mass is 478 g/mol. The van der Waals surface area contributed by atoms with E-state index < -0.39 is 6.03 Å². The number of benzene rings is 3. The molecule has 0 unspecified atom stereocenters. The van der Waals surface area contributed by atoms with E-state index in [-0.39, 0.29) is 11.6 Å². The molecule has 3 aromatic carbocycles. The van der Waals surface area contributed by atoms with Gasteiger partial charge in [0.2, 0.25) is 0 Å². The molecule has 1 heterocycles. The quantitative estimate of drug-likeness (QED) is 0.336. The lowest BCUT2D eigenvalue weighted by Gasteiger charge is -2.24. The third kappa shape index (κ3) is 4.92. The third-order valence-corrected chi connectivity index (χ3v) is 5.39. The fourth-order valence-corrected chi connectivity index (χ4v) is 4.05. The van der Waals surface area contributed by atoms with Crippen LogP contribution in [0.4, 0.5) is 21.9 Å². The van der Waals surface area contributed by atoms with Crippen LogP contribution in [0.25, 0.3) is 10.9 Å². The summed E-state index contributed by atoms with van der Waals surface area (Å²) in [5.41, 5.74) is 2.25. The van der Waals surface area contributed by atoms with Gasteiger partial charge in [-0.15, -0.1) is 0 Å². The maximum Gasteiger partial charge on any atom is 0.330 e. The number of pyridine rings is 1. The minimum Gasteiger partial charge on any atom is -0.351 e. The van der Waals surface area contributed by atoms with Crippen LogP contribution in [0.5, 0.6) is 0 Å². The number of rotatable bonds is 5. The molecule has 0 atom stereocenters. The second-order valence-electron chi connectivity index (χ2n) is 7.13. The number of anilines is 3. The Balaban J connectivity index is 1.82. The number of hydrogen-bond donors (Lipinski definition) is 2. The standard InChI is InChI=1S/C25H20Cl2N4O2/c1-2-28-24(32)22-15-21(23-19(27)13-16(26)14-20(23)29-22)30-25(33)31(17-9-5-3-6-10-17)18-11-7-4-8-12-18/h3-15H,2H2,1H3,(H,28,32)(H,29,30,33). The van der Waals surface area contributed by atoms with Gasteiger partial charge in [-0.2, -0.15) is 0 Å². The number of urea groups is 1. The van der Waals surface area contributed by atoms with Crippen LogP contribution >= 0.6 is 23.2 Å². The predicted molar refractivity (Wildman–Crippen MR) is 134 cm³/mol. The number of aromatic nitrogens is 1. The van der Waals surface area contributed by atoms with Crippen LogP contribution in [-0.2, 0) is 0 Å². The zero-order valence-electron chi connectivity index (χ0n) is 17.7. The van der Waals surface area contributed by atoms with Crippen LogP contribution < -0.4 is 15.5 Å². The van der Waals surface area contributed by atoms with Crippen molar-refractivity contribution in [1.82, 2.24) is 10.3 Å². The number of fused-ring (bicyclic) bond motifs is 1. The van der Waals surface area contributed by atoms with Gasteiger partial charge in [0.1, 0.15) is 5.69 Å². The van der Waals surface area contributed by atoms with Crippen LogP contribution in [0.1, 0.15) is 17.4 Å². The first-order chi connectivity index (χ1) is 16.0. The zero-order chi connectivity index (χ0) is 23.4. The average molecular weight is 479 g/mol. The number of nitrogens with one attached hydrogen (secondary N) is 2. The average Bonchev–Trinajstić information content (AvgIpc) is 2.80. The van der Waals surface area contributed by atoms with Gasteiger partial charge in [0, 0.05) is 17.0 Å². The molecular formula is C25H20Cl2N4O2. The summed E-state index contributed by atoms with van der Waals surface area (Å²) in [5, 5.41) is 6.82. The number of hydrogen-bond acceptors (Lipinski definition) is 3.